The molecule has 1 heterocycles. The first-order valence-electron chi connectivity index (χ1n) is 5.63. The highest BCUT2D eigenvalue weighted by molar-refractivity contribution is 5.06. The van der Waals surface area contributed by atoms with E-state index in [1.807, 2.05) is 12.1 Å². The second kappa shape index (κ2) is 6.64. The van der Waals surface area contributed by atoms with Gasteiger partial charge in [-0.05, 0) is 25.1 Å². The molecule has 0 amide bonds. The maximum absolute atomic E-state index is 5.51. The van der Waals surface area contributed by atoms with Gasteiger partial charge < -0.3 is 14.5 Å². The van der Waals surface area contributed by atoms with E-state index in [1.54, 1.807) is 13.4 Å². The molecule has 1 aromatic rings. The zero-order chi connectivity index (χ0) is 11.1. The van der Waals surface area contributed by atoms with Gasteiger partial charge in [0.05, 0.1) is 18.4 Å². The number of hydrogen-bond donors (Lipinski definition) is 1. The Bertz CT molecular complexity index is 246. The van der Waals surface area contributed by atoms with Crippen LogP contribution in [0.15, 0.2) is 22.8 Å². The van der Waals surface area contributed by atoms with Crippen molar-refractivity contribution in [2.45, 2.75) is 38.8 Å². The van der Waals surface area contributed by atoms with Crippen molar-refractivity contribution in [1.29, 1.82) is 0 Å². The standard InChI is InChI=1S/C12H21NO2/c1-4-7-10(14-3)12(13-5-2)11-8-6-9-15-11/h6,8-10,12-13H,4-5,7H2,1-3H3. The summed E-state index contributed by atoms with van der Waals surface area (Å²) in [4.78, 5) is 0. The lowest BCUT2D eigenvalue weighted by atomic mass is 10.0. The lowest BCUT2D eigenvalue weighted by molar-refractivity contribution is 0.0542. The smallest absolute Gasteiger partial charge is 0.123 e. The fourth-order valence-electron chi connectivity index (χ4n) is 1.81. The van der Waals surface area contributed by atoms with Gasteiger partial charge >= 0.3 is 0 Å². The maximum Gasteiger partial charge on any atom is 0.123 e. The molecule has 2 atom stereocenters. The normalized spacial score (nSPS) is 15.1. The van der Waals surface area contributed by atoms with Gasteiger partial charge in [-0.2, -0.15) is 0 Å². The topological polar surface area (TPSA) is 34.4 Å². The molecular weight excluding hydrogens is 190 g/mol. The van der Waals surface area contributed by atoms with Crippen LogP contribution in [0.4, 0.5) is 0 Å². The van der Waals surface area contributed by atoms with Crippen molar-refractivity contribution in [2.24, 2.45) is 0 Å². The first kappa shape index (κ1) is 12.3. The highest BCUT2D eigenvalue weighted by Crippen LogP contribution is 2.22. The van der Waals surface area contributed by atoms with Gasteiger partial charge in [0.1, 0.15) is 5.76 Å². The van der Waals surface area contributed by atoms with Crippen LogP contribution < -0.4 is 5.32 Å². The largest absolute Gasteiger partial charge is 0.468 e. The number of likely N-dealkylation sites (N-methyl/N-ethyl adjacent to an activating group) is 1. The van der Waals surface area contributed by atoms with Crippen molar-refractivity contribution < 1.29 is 9.15 Å². The third kappa shape index (κ3) is 3.36. The molecule has 0 bridgehead atoms. The van der Waals surface area contributed by atoms with Gasteiger partial charge in [-0.1, -0.05) is 20.3 Å². The summed E-state index contributed by atoms with van der Waals surface area (Å²) in [5, 5.41) is 3.40. The van der Waals surface area contributed by atoms with E-state index in [4.69, 9.17) is 9.15 Å². The number of ether oxygens (including phenoxy) is 1. The molecule has 0 saturated carbocycles. The Labute approximate surface area is 91.8 Å². The maximum atomic E-state index is 5.51. The molecule has 1 aromatic heterocycles. The predicted octanol–water partition coefficient (Wildman–Crippen LogP) is 2.75. The number of furan rings is 1. The van der Waals surface area contributed by atoms with Crippen LogP contribution in [0, 0.1) is 0 Å². The molecule has 0 radical (unpaired) electrons. The Morgan fingerprint density at radius 1 is 1.47 bits per heavy atom. The van der Waals surface area contributed by atoms with Crippen molar-refractivity contribution in [2.75, 3.05) is 13.7 Å². The fraction of sp³-hybridized carbons (Fsp3) is 0.667. The van der Waals surface area contributed by atoms with Crippen LogP contribution >= 0.6 is 0 Å². The van der Waals surface area contributed by atoms with Crippen LogP contribution in [0.2, 0.25) is 0 Å². The molecule has 0 aromatic carbocycles. The predicted molar refractivity (Wildman–Crippen MR) is 60.8 cm³/mol. The highest BCUT2D eigenvalue weighted by Gasteiger charge is 2.23. The molecule has 1 N–H and O–H groups in total. The van der Waals surface area contributed by atoms with Crippen LogP contribution in [0.5, 0.6) is 0 Å². The van der Waals surface area contributed by atoms with Gasteiger partial charge in [0.25, 0.3) is 0 Å². The Morgan fingerprint density at radius 2 is 2.27 bits per heavy atom. The Balaban J connectivity index is 2.71. The summed E-state index contributed by atoms with van der Waals surface area (Å²) in [5.74, 6) is 0.956. The van der Waals surface area contributed by atoms with Gasteiger partial charge in [-0.3, -0.25) is 0 Å². The molecular formula is C12H21NO2. The molecule has 86 valence electrons. The van der Waals surface area contributed by atoms with Gasteiger partial charge in [0, 0.05) is 7.11 Å². The monoisotopic (exact) mass is 211 g/mol. The van der Waals surface area contributed by atoms with E-state index < -0.39 is 0 Å². The quantitative estimate of drug-likeness (QED) is 0.753. The van der Waals surface area contributed by atoms with E-state index in [2.05, 4.69) is 19.2 Å². The Hall–Kier alpha value is -0.800. The third-order valence-electron chi connectivity index (χ3n) is 2.52. The molecule has 0 fully saturated rings. The summed E-state index contributed by atoms with van der Waals surface area (Å²) >= 11 is 0. The van der Waals surface area contributed by atoms with Gasteiger partial charge in [-0.15, -0.1) is 0 Å². The van der Waals surface area contributed by atoms with Crippen LogP contribution in [0.25, 0.3) is 0 Å². The molecule has 0 aliphatic carbocycles. The zero-order valence-electron chi connectivity index (χ0n) is 9.82. The molecule has 3 heteroatoms. The van der Waals surface area contributed by atoms with Gasteiger partial charge in [0.2, 0.25) is 0 Å². The van der Waals surface area contributed by atoms with E-state index in [9.17, 15) is 0 Å². The molecule has 1 rings (SSSR count). The summed E-state index contributed by atoms with van der Waals surface area (Å²) in [6.45, 7) is 5.17. The highest BCUT2D eigenvalue weighted by atomic mass is 16.5. The average Bonchev–Trinajstić information content (AvgIpc) is 2.76. The van der Waals surface area contributed by atoms with E-state index in [1.165, 1.54) is 0 Å². The van der Waals surface area contributed by atoms with Crippen molar-refractivity contribution in [3.05, 3.63) is 24.2 Å². The fourth-order valence-corrected chi connectivity index (χ4v) is 1.81. The van der Waals surface area contributed by atoms with Crippen LogP contribution in [-0.2, 0) is 4.74 Å². The summed E-state index contributed by atoms with van der Waals surface area (Å²) in [6.07, 6.45) is 4.04. The molecule has 0 spiro atoms. The van der Waals surface area contributed by atoms with E-state index in [0.29, 0.717) is 0 Å². The number of rotatable bonds is 7. The summed E-state index contributed by atoms with van der Waals surface area (Å²) in [6, 6.07) is 4.07. The molecule has 3 nitrogen and oxygen atoms in total. The summed E-state index contributed by atoms with van der Waals surface area (Å²) in [7, 11) is 1.76. The van der Waals surface area contributed by atoms with Crippen molar-refractivity contribution in [3.8, 4) is 0 Å². The minimum atomic E-state index is 0.162. The Morgan fingerprint density at radius 3 is 2.73 bits per heavy atom. The average molecular weight is 211 g/mol. The van der Waals surface area contributed by atoms with E-state index in [-0.39, 0.29) is 12.1 Å². The second-order valence-corrected chi connectivity index (χ2v) is 3.61. The van der Waals surface area contributed by atoms with Crippen molar-refractivity contribution >= 4 is 0 Å². The van der Waals surface area contributed by atoms with Gasteiger partial charge in [0.15, 0.2) is 0 Å². The second-order valence-electron chi connectivity index (χ2n) is 3.61. The number of nitrogens with one attached hydrogen (secondary N) is 1. The van der Waals surface area contributed by atoms with Crippen LogP contribution in [-0.4, -0.2) is 19.8 Å². The Kier molecular flexibility index (Phi) is 5.43. The molecule has 0 aliphatic rings. The SMILES string of the molecule is CCCC(OC)C(NCC)c1ccco1. The van der Waals surface area contributed by atoms with Crippen LogP contribution in [0.1, 0.15) is 38.5 Å². The zero-order valence-corrected chi connectivity index (χ0v) is 9.82. The van der Waals surface area contributed by atoms with E-state index in [0.717, 1.165) is 25.1 Å². The first-order valence-corrected chi connectivity index (χ1v) is 5.63. The minimum Gasteiger partial charge on any atom is -0.468 e. The van der Waals surface area contributed by atoms with Crippen molar-refractivity contribution in [1.82, 2.24) is 5.32 Å². The summed E-state index contributed by atoms with van der Waals surface area (Å²) < 4.78 is 10.9. The lowest BCUT2D eigenvalue weighted by Gasteiger charge is -2.24. The third-order valence-corrected chi connectivity index (χ3v) is 2.52. The molecule has 0 aliphatic heterocycles. The minimum absolute atomic E-state index is 0.162. The van der Waals surface area contributed by atoms with Gasteiger partial charge in [-0.25, -0.2) is 0 Å². The molecule has 15 heavy (non-hydrogen) atoms. The summed E-state index contributed by atoms with van der Waals surface area (Å²) in [5.41, 5.74) is 0. The first-order chi connectivity index (χ1) is 7.33. The van der Waals surface area contributed by atoms with E-state index >= 15 is 0 Å². The molecule has 2 unspecified atom stereocenters. The molecule has 0 saturated heterocycles. The number of hydrogen-bond acceptors (Lipinski definition) is 3. The van der Waals surface area contributed by atoms with Crippen molar-refractivity contribution in [3.63, 3.8) is 0 Å². The lowest BCUT2D eigenvalue weighted by Crippen LogP contribution is -2.32. The number of methoxy groups -OCH3 is 1. The van der Waals surface area contributed by atoms with Crippen LogP contribution in [0.3, 0.4) is 0 Å².